The van der Waals surface area contributed by atoms with Crippen LogP contribution in [0.15, 0.2) is 24.7 Å². The van der Waals surface area contributed by atoms with E-state index in [9.17, 15) is 4.39 Å². The second kappa shape index (κ2) is 4.87. The van der Waals surface area contributed by atoms with E-state index in [1.54, 1.807) is 18.6 Å². The zero-order chi connectivity index (χ0) is 14.3. The first-order chi connectivity index (χ1) is 10.3. The van der Waals surface area contributed by atoms with Crippen molar-refractivity contribution >= 4 is 10.9 Å². The summed E-state index contributed by atoms with van der Waals surface area (Å²) in [6.45, 7) is 1.96. The van der Waals surface area contributed by atoms with Crippen LogP contribution in [0.5, 0.6) is 6.01 Å². The Morgan fingerprint density at radius 3 is 3.33 bits per heavy atom. The molecule has 2 atom stereocenters. The molecule has 0 N–H and O–H groups in total. The molecule has 2 aliphatic rings. The Labute approximate surface area is 122 Å². The zero-order valence-electron chi connectivity index (χ0n) is 11.7. The van der Waals surface area contributed by atoms with Crippen molar-refractivity contribution in [2.24, 2.45) is 0 Å². The van der Waals surface area contributed by atoms with Crippen LogP contribution in [0.4, 0.5) is 4.39 Å². The van der Waals surface area contributed by atoms with Crippen LogP contribution in [0.3, 0.4) is 0 Å². The summed E-state index contributed by atoms with van der Waals surface area (Å²) in [6, 6.07) is 2.19. The molecule has 2 aliphatic heterocycles. The van der Waals surface area contributed by atoms with E-state index in [0.717, 1.165) is 30.3 Å². The summed E-state index contributed by atoms with van der Waals surface area (Å²) in [5.41, 5.74) is 0.654. The highest BCUT2D eigenvalue weighted by molar-refractivity contribution is 5.76. The smallest absolute Gasteiger partial charge is 0.316 e. The number of aromatic nitrogens is 3. The van der Waals surface area contributed by atoms with Gasteiger partial charge in [0.2, 0.25) is 0 Å². The van der Waals surface area contributed by atoms with Crippen molar-refractivity contribution in [2.45, 2.75) is 31.0 Å². The molecule has 0 unspecified atom stereocenters. The molecule has 2 aromatic heterocycles. The fourth-order valence-corrected chi connectivity index (χ4v) is 3.57. The van der Waals surface area contributed by atoms with Gasteiger partial charge < -0.3 is 4.74 Å². The first-order valence-corrected chi connectivity index (χ1v) is 7.34. The lowest BCUT2D eigenvalue weighted by Crippen LogP contribution is -2.43. The second-order valence-electron chi connectivity index (χ2n) is 5.95. The van der Waals surface area contributed by atoms with Crippen LogP contribution in [0.2, 0.25) is 0 Å². The van der Waals surface area contributed by atoms with Crippen molar-refractivity contribution in [3.63, 3.8) is 0 Å². The van der Waals surface area contributed by atoms with Crippen LogP contribution >= 0.6 is 0 Å². The molecule has 4 rings (SSSR count). The molecular weight excluding hydrogens is 271 g/mol. The van der Waals surface area contributed by atoms with Crippen molar-refractivity contribution in [1.29, 1.82) is 0 Å². The Balaban J connectivity index is 1.52. The molecule has 110 valence electrons. The summed E-state index contributed by atoms with van der Waals surface area (Å²) in [6.07, 6.45) is 7.05. The van der Waals surface area contributed by atoms with Gasteiger partial charge in [-0.15, -0.1) is 0 Å². The molecule has 21 heavy (non-hydrogen) atoms. The number of alkyl halides is 1. The summed E-state index contributed by atoms with van der Waals surface area (Å²) >= 11 is 0. The average molecular weight is 288 g/mol. The third-order valence-electron chi connectivity index (χ3n) is 4.59. The third kappa shape index (κ3) is 2.23. The number of halogens is 1. The molecular formula is C15H17FN4O. The van der Waals surface area contributed by atoms with E-state index in [2.05, 4.69) is 19.9 Å². The number of hydrogen-bond acceptors (Lipinski definition) is 5. The number of fused-ring (bicyclic) bond motifs is 2. The van der Waals surface area contributed by atoms with Crippen LogP contribution < -0.4 is 4.74 Å². The Morgan fingerprint density at radius 2 is 2.38 bits per heavy atom. The minimum Gasteiger partial charge on any atom is -0.461 e. The van der Waals surface area contributed by atoms with Gasteiger partial charge in [-0.1, -0.05) is 0 Å². The quantitative estimate of drug-likeness (QED) is 0.864. The molecule has 6 heteroatoms. The van der Waals surface area contributed by atoms with Gasteiger partial charge in [-0.2, -0.15) is 4.98 Å². The molecule has 5 nitrogen and oxygen atoms in total. The van der Waals surface area contributed by atoms with Gasteiger partial charge in [0.15, 0.2) is 0 Å². The Morgan fingerprint density at radius 1 is 1.43 bits per heavy atom. The Bertz CT molecular complexity index is 667. The van der Waals surface area contributed by atoms with Crippen LogP contribution in [0.25, 0.3) is 10.9 Å². The highest BCUT2D eigenvalue weighted by atomic mass is 19.1. The number of rotatable bonds is 3. The molecule has 0 radical (unpaired) electrons. The minimum absolute atomic E-state index is 0.157. The van der Waals surface area contributed by atoms with Crippen LogP contribution in [0, 0.1) is 0 Å². The fourth-order valence-electron chi connectivity index (χ4n) is 3.57. The van der Waals surface area contributed by atoms with Gasteiger partial charge in [0, 0.05) is 36.9 Å². The van der Waals surface area contributed by atoms with Gasteiger partial charge in [0.25, 0.3) is 0 Å². The van der Waals surface area contributed by atoms with Gasteiger partial charge in [-0.3, -0.25) is 9.88 Å². The minimum atomic E-state index is -0.738. The number of pyridine rings is 1. The van der Waals surface area contributed by atoms with Crippen molar-refractivity contribution in [3.8, 4) is 6.01 Å². The summed E-state index contributed by atoms with van der Waals surface area (Å²) in [4.78, 5) is 14.9. The Kier molecular flexibility index (Phi) is 2.99. The fraction of sp³-hybridized carbons (Fsp3) is 0.533. The zero-order valence-corrected chi connectivity index (χ0v) is 11.7. The molecule has 0 aromatic carbocycles. The topological polar surface area (TPSA) is 51.1 Å². The molecule has 0 amide bonds. The van der Waals surface area contributed by atoms with Gasteiger partial charge in [-0.05, 0) is 25.5 Å². The van der Waals surface area contributed by atoms with Crippen molar-refractivity contribution < 1.29 is 9.13 Å². The number of nitrogens with zero attached hydrogens (tertiary/aromatic N) is 4. The average Bonchev–Trinajstić information content (AvgIpc) is 3.01. The molecule has 0 bridgehead atoms. The molecule has 2 saturated heterocycles. The van der Waals surface area contributed by atoms with E-state index in [4.69, 9.17) is 4.74 Å². The van der Waals surface area contributed by atoms with Gasteiger partial charge in [0.05, 0.1) is 11.1 Å². The normalized spacial score (nSPS) is 28.9. The highest BCUT2D eigenvalue weighted by Gasteiger charge is 2.49. The van der Waals surface area contributed by atoms with Crippen molar-refractivity contribution in [3.05, 3.63) is 24.7 Å². The molecule has 0 saturated carbocycles. The predicted molar refractivity (Wildman–Crippen MR) is 75.9 cm³/mol. The molecule has 2 fully saturated rings. The predicted octanol–water partition coefficient (Wildman–Crippen LogP) is 1.98. The maximum Gasteiger partial charge on any atom is 0.316 e. The lowest BCUT2D eigenvalue weighted by Gasteiger charge is -2.30. The first-order valence-electron chi connectivity index (χ1n) is 7.34. The van der Waals surface area contributed by atoms with Crippen LogP contribution in [-0.2, 0) is 0 Å². The summed E-state index contributed by atoms with van der Waals surface area (Å²) < 4.78 is 19.5. The molecule has 0 spiro atoms. The van der Waals surface area contributed by atoms with E-state index < -0.39 is 6.17 Å². The second-order valence-corrected chi connectivity index (χ2v) is 5.95. The van der Waals surface area contributed by atoms with E-state index in [0.29, 0.717) is 25.6 Å². The molecule has 0 aliphatic carbocycles. The molecule has 4 heterocycles. The highest BCUT2D eigenvalue weighted by Crippen LogP contribution is 2.40. The summed E-state index contributed by atoms with van der Waals surface area (Å²) in [5, 5.41) is 0.884. The number of hydrogen-bond donors (Lipinski definition) is 0. The van der Waals surface area contributed by atoms with Crippen LogP contribution in [-0.4, -0.2) is 51.3 Å². The van der Waals surface area contributed by atoms with E-state index in [1.807, 2.05) is 6.07 Å². The standard InChI is InChI=1S/C15H17FN4O/c16-12-6-15(3-1-5-20(15)9-12)10-21-14-18-8-11-7-17-4-2-13(11)19-14/h2,4,7-8,12H,1,3,5-6,9-10H2/t12-,15+/m1/s1. The van der Waals surface area contributed by atoms with Gasteiger partial charge in [-0.25, -0.2) is 9.37 Å². The van der Waals surface area contributed by atoms with E-state index >= 15 is 0 Å². The number of ether oxygens (including phenoxy) is 1. The van der Waals surface area contributed by atoms with Crippen molar-refractivity contribution in [2.75, 3.05) is 19.7 Å². The third-order valence-corrected chi connectivity index (χ3v) is 4.59. The largest absolute Gasteiger partial charge is 0.461 e. The lowest BCUT2D eigenvalue weighted by atomic mass is 9.95. The lowest BCUT2D eigenvalue weighted by molar-refractivity contribution is 0.107. The SMILES string of the molecule is F[C@H]1CN2CCC[C@@]2(COc2ncc3cnccc3n2)C1. The monoisotopic (exact) mass is 288 g/mol. The van der Waals surface area contributed by atoms with Crippen molar-refractivity contribution in [1.82, 2.24) is 19.9 Å². The first kappa shape index (κ1) is 12.9. The molecule has 2 aromatic rings. The Hall–Kier alpha value is -1.82. The maximum atomic E-state index is 13.7. The van der Waals surface area contributed by atoms with Gasteiger partial charge >= 0.3 is 6.01 Å². The van der Waals surface area contributed by atoms with E-state index in [1.165, 1.54) is 0 Å². The van der Waals surface area contributed by atoms with E-state index in [-0.39, 0.29) is 5.54 Å². The summed E-state index contributed by atoms with van der Waals surface area (Å²) in [5.74, 6) is 0. The summed E-state index contributed by atoms with van der Waals surface area (Å²) in [7, 11) is 0. The van der Waals surface area contributed by atoms with Gasteiger partial charge in [0.1, 0.15) is 12.8 Å². The van der Waals surface area contributed by atoms with Crippen LogP contribution in [0.1, 0.15) is 19.3 Å². The maximum absolute atomic E-state index is 13.7.